The van der Waals surface area contributed by atoms with Crippen LogP contribution in [0.3, 0.4) is 0 Å². The van der Waals surface area contributed by atoms with Crippen molar-refractivity contribution in [2.24, 2.45) is 5.92 Å². The van der Waals surface area contributed by atoms with Crippen LogP contribution in [-0.4, -0.2) is 40.8 Å². The van der Waals surface area contributed by atoms with Gasteiger partial charge in [-0.05, 0) is 24.1 Å². The number of methoxy groups -OCH3 is 2. The first kappa shape index (κ1) is 17.3. The van der Waals surface area contributed by atoms with Crippen LogP contribution in [0.1, 0.15) is 12.0 Å². The topological polar surface area (TPSA) is 81.7 Å². The summed E-state index contributed by atoms with van der Waals surface area (Å²) >= 11 is 0. The molecule has 7 heteroatoms. The van der Waals surface area contributed by atoms with Gasteiger partial charge in [-0.2, -0.15) is 0 Å². The van der Waals surface area contributed by atoms with E-state index in [-0.39, 0.29) is 24.0 Å². The Labute approximate surface area is 136 Å². The van der Waals surface area contributed by atoms with Crippen molar-refractivity contribution < 1.29 is 22.7 Å². The Kier molecular flexibility index (Phi) is 5.65. The lowest BCUT2D eigenvalue weighted by Crippen LogP contribution is -2.27. The second kappa shape index (κ2) is 7.50. The van der Waals surface area contributed by atoms with Crippen LogP contribution < -0.4 is 14.8 Å². The molecule has 0 saturated carbocycles. The minimum absolute atomic E-state index is 0.0239. The van der Waals surface area contributed by atoms with E-state index in [1.165, 1.54) is 5.41 Å². The summed E-state index contributed by atoms with van der Waals surface area (Å²) in [4.78, 5) is 11.8. The quantitative estimate of drug-likeness (QED) is 0.810. The second-order valence-electron chi connectivity index (χ2n) is 5.41. The summed E-state index contributed by atoms with van der Waals surface area (Å²) in [5, 5.41) is 4.00. The maximum Gasteiger partial charge on any atom is 0.220 e. The molecule has 23 heavy (non-hydrogen) atoms. The van der Waals surface area contributed by atoms with E-state index in [0.717, 1.165) is 5.56 Å². The van der Waals surface area contributed by atoms with Gasteiger partial charge in [-0.25, -0.2) is 8.42 Å². The Bertz CT molecular complexity index is 696. The molecule has 0 fully saturated rings. The fraction of sp³-hybridized carbons (Fsp3) is 0.438. The first-order chi connectivity index (χ1) is 10.9. The number of sulfone groups is 1. The molecule has 1 heterocycles. The number of hydrogen-bond acceptors (Lipinski definition) is 5. The molecule has 1 amide bonds. The van der Waals surface area contributed by atoms with Crippen molar-refractivity contribution in [2.75, 3.05) is 26.5 Å². The van der Waals surface area contributed by atoms with Gasteiger partial charge in [0, 0.05) is 24.3 Å². The Morgan fingerprint density at radius 2 is 2.00 bits per heavy atom. The van der Waals surface area contributed by atoms with Gasteiger partial charge in [-0.3, -0.25) is 4.79 Å². The van der Waals surface area contributed by atoms with Crippen molar-refractivity contribution in [3.05, 3.63) is 35.2 Å². The van der Waals surface area contributed by atoms with Crippen LogP contribution in [0.5, 0.6) is 11.5 Å². The van der Waals surface area contributed by atoms with Crippen molar-refractivity contribution in [1.29, 1.82) is 0 Å². The lowest BCUT2D eigenvalue weighted by Gasteiger charge is -2.11. The van der Waals surface area contributed by atoms with Gasteiger partial charge in [0.05, 0.1) is 20.0 Å². The number of nitrogens with one attached hydrogen (secondary N) is 1. The fourth-order valence-corrected chi connectivity index (χ4v) is 3.86. The van der Waals surface area contributed by atoms with Crippen LogP contribution in [0.25, 0.3) is 0 Å². The van der Waals surface area contributed by atoms with Crippen molar-refractivity contribution in [3.8, 4) is 11.5 Å². The Balaban J connectivity index is 1.79. The largest absolute Gasteiger partial charge is 0.493 e. The van der Waals surface area contributed by atoms with E-state index < -0.39 is 9.84 Å². The van der Waals surface area contributed by atoms with Crippen molar-refractivity contribution in [3.63, 3.8) is 0 Å². The van der Waals surface area contributed by atoms with E-state index in [9.17, 15) is 13.2 Å². The van der Waals surface area contributed by atoms with Gasteiger partial charge in [-0.1, -0.05) is 12.1 Å². The zero-order valence-corrected chi connectivity index (χ0v) is 14.1. The molecular weight excluding hydrogens is 318 g/mol. The zero-order valence-electron chi connectivity index (χ0n) is 13.2. The lowest BCUT2D eigenvalue weighted by atomic mass is 10.1. The number of ether oxygens (including phenoxy) is 2. The van der Waals surface area contributed by atoms with Gasteiger partial charge in [0.15, 0.2) is 21.3 Å². The molecule has 0 aromatic heterocycles. The SMILES string of the molecule is COc1ccc(CCNC(=O)CC2C=CS(=O)(=O)C2)cc1OC. The Morgan fingerprint density at radius 1 is 1.26 bits per heavy atom. The number of carbonyl (C=O) groups excluding carboxylic acids is 1. The average molecular weight is 339 g/mol. The zero-order chi connectivity index (χ0) is 16.9. The monoisotopic (exact) mass is 339 g/mol. The lowest BCUT2D eigenvalue weighted by molar-refractivity contribution is -0.121. The number of rotatable bonds is 7. The van der Waals surface area contributed by atoms with E-state index in [4.69, 9.17) is 9.47 Å². The molecule has 1 aromatic rings. The molecule has 1 aliphatic rings. The molecule has 1 N–H and O–H groups in total. The standard InChI is InChI=1S/C16H21NO5S/c1-21-14-4-3-12(9-15(14)22-2)5-7-17-16(18)10-13-6-8-23(19,20)11-13/h3-4,6,8-9,13H,5,7,10-11H2,1-2H3,(H,17,18). The maximum atomic E-state index is 11.8. The number of benzene rings is 1. The van der Waals surface area contributed by atoms with Gasteiger partial charge in [0.2, 0.25) is 5.91 Å². The summed E-state index contributed by atoms with van der Waals surface area (Å²) < 4.78 is 33.0. The average Bonchev–Trinajstić information content (AvgIpc) is 2.85. The minimum Gasteiger partial charge on any atom is -0.493 e. The third-order valence-electron chi connectivity index (χ3n) is 3.64. The van der Waals surface area contributed by atoms with Gasteiger partial charge in [-0.15, -0.1) is 0 Å². The molecule has 1 unspecified atom stereocenters. The third kappa shape index (κ3) is 4.99. The van der Waals surface area contributed by atoms with Crippen LogP contribution in [0.15, 0.2) is 29.7 Å². The normalized spacial score (nSPS) is 18.6. The molecule has 126 valence electrons. The second-order valence-corrected chi connectivity index (χ2v) is 7.34. The summed E-state index contributed by atoms with van der Waals surface area (Å²) in [7, 11) is 0.0495. The predicted octanol–water partition coefficient (Wildman–Crippen LogP) is 1.31. The molecule has 0 spiro atoms. The smallest absolute Gasteiger partial charge is 0.220 e. The molecule has 1 aliphatic heterocycles. The van der Waals surface area contributed by atoms with E-state index >= 15 is 0 Å². The summed E-state index contributed by atoms with van der Waals surface area (Å²) in [6.45, 7) is 0.484. The highest BCUT2D eigenvalue weighted by Gasteiger charge is 2.23. The summed E-state index contributed by atoms with van der Waals surface area (Å²) in [6, 6.07) is 5.61. The Morgan fingerprint density at radius 3 is 2.61 bits per heavy atom. The van der Waals surface area contributed by atoms with Crippen molar-refractivity contribution >= 4 is 15.7 Å². The van der Waals surface area contributed by atoms with Crippen LogP contribution in [0.2, 0.25) is 0 Å². The van der Waals surface area contributed by atoms with E-state index in [1.807, 2.05) is 18.2 Å². The molecule has 0 aliphatic carbocycles. The van der Waals surface area contributed by atoms with Crippen LogP contribution in [-0.2, 0) is 21.1 Å². The summed E-state index contributed by atoms with van der Waals surface area (Å²) in [5.74, 6) is 0.973. The summed E-state index contributed by atoms with van der Waals surface area (Å²) in [6.07, 6.45) is 2.44. The van der Waals surface area contributed by atoms with Gasteiger partial charge in [0.25, 0.3) is 0 Å². The summed E-state index contributed by atoms with van der Waals surface area (Å²) in [5.41, 5.74) is 1.02. The molecular formula is C16H21NO5S. The van der Waals surface area contributed by atoms with E-state index in [1.54, 1.807) is 20.3 Å². The first-order valence-electron chi connectivity index (χ1n) is 7.32. The highest BCUT2D eigenvalue weighted by molar-refractivity contribution is 7.94. The van der Waals surface area contributed by atoms with E-state index in [0.29, 0.717) is 24.5 Å². The third-order valence-corrected chi connectivity index (χ3v) is 5.10. The predicted molar refractivity (Wildman–Crippen MR) is 87.3 cm³/mol. The number of carbonyl (C=O) groups is 1. The molecule has 1 atom stereocenters. The Hall–Kier alpha value is -2.02. The molecule has 1 aromatic carbocycles. The van der Waals surface area contributed by atoms with Crippen LogP contribution >= 0.6 is 0 Å². The number of allylic oxidation sites excluding steroid dienone is 1. The highest BCUT2D eigenvalue weighted by atomic mass is 32.2. The molecule has 2 rings (SSSR count). The molecule has 0 radical (unpaired) electrons. The first-order valence-corrected chi connectivity index (χ1v) is 9.03. The highest BCUT2D eigenvalue weighted by Crippen LogP contribution is 2.27. The fourth-order valence-electron chi connectivity index (χ4n) is 2.46. The van der Waals surface area contributed by atoms with Gasteiger partial charge < -0.3 is 14.8 Å². The number of hydrogen-bond donors (Lipinski definition) is 1. The van der Waals surface area contributed by atoms with E-state index in [2.05, 4.69) is 5.32 Å². The number of amides is 1. The maximum absolute atomic E-state index is 11.8. The van der Waals surface area contributed by atoms with Gasteiger partial charge in [0.1, 0.15) is 0 Å². The molecule has 0 bridgehead atoms. The minimum atomic E-state index is -3.11. The molecule has 6 nitrogen and oxygen atoms in total. The van der Waals surface area contributed by atoms with Crippen molar-refractivity contribution in [2.45, 2.75) is 12.8 Å². The van der Waals surface area contributed by atoms with Crippen LogP contribution in [0, 0.1) is 5.92 Å². The van der Waals surface area contributed by atoms with Crippen LogP contribution in [0.4, 0.5) is 0 Å². The van der Waals surface area contributed by atoms with Crippen molar-refractivity contribution in [1.82, 2.24) is 5.32 Å². The van der Waals surface area contributed by atoms with Gasteiger partial charge >= 0.3 is 0 Å². The molecule has 0 saturated heterocycles.